The summed E-state index contributed by atoms with van der Waals surface area (Å²) in [7, 11) is 0. The predicted octanol–water partition coefficient (Wildman–Crippen LogP) is 1.03. The minimum absolute atomic E-state index is 0.287. The largest absolute Gasteiger partial charge is 0.361 e. The maximum absolute atomic E-state index is 10.7. The fraction of sp³-hybridized carbons (Fsp3) is 0.167. The molecule has 1 amide bonds. The second kappa shape index (κ2) is 4.61. The van der Waals surface area contributed by atoms with Gasteiger partial charge in [-0.05, 0) is 18.1 Å². The van der Waals surface area contributed by atoms with E-state index in [4.69, 9.17) is 0 Å². The molecule has 4 heteroatoms. The van der Waals surface area contributed by atoms with Crippen molar-refractivity contribution in [2.24, 2.45) is 0 Å². The van der Waals surface area contributed by atoms with Crippen molar-refractivity contribution in [3.63, 3.8) is 0 Å². The van der Waals surface area contributed by atoms with Crippen molar-refractivity contribution in [2.75, 3.05) is 6.54 Å². The first-order chi connectivity index (χ1) is 7.81. The van der Waals surface area contributed by atoms with E-state index in [0.29, 0.717) is 13.0 Å². The van der Waals surface area contributed by atoms with Crippen LogP contribution in [0.15, 0.2) is 30.5 Å². The molecule has 0 aliphatic carbocycles. The molecule has 0 aliphatic heterocycles. The Morgan fingerprint density at radius 2 is 2.19 bits per heavy atom. The van der Waals surface area contributed by atoms with E-state index in [1.54, 1.807) is 0 Å². The summed E-state index contributed by atoms with van der Waals surface area (Å²) in [4.78, 5) is 24.0. The van der Waals surface area contributed by atoms with Crippen molar-refractivity contribution in [3.05, 3.63) is 36.0 Å². The number of nitrogens with one attached hydrogen (secondary N) is 2. The quantitative estimate of drug-likeness (QED) is 0.592. The summed E-state index contributed by atoms with van der Waals surface area (Å²) >= 11 is 0. The van der Waals surface area contributed by atoms with E-state index in [1.807, 2.05) is 30.5 Å². The third kappa shape index (κ3) is 2.11. The Labute approximate surface area is 92.7 Å². The molecule has 0 atom stereocenters. The van der Waals surface area contributed by atoms with Crippen molar-refractivity contribution in [1.82, 2.24) is 10.3 Å². The number of hydrogen-bond acceptors (Lipinski definition) is 2. The first kappa shape index (κ1) is 10.4. The zero-order chi connectivity index (χ0) is 11.4. The molecule has 2 N–H and O–H groups in total. The number of amides is 1. The Kier molecular flexibility index (Phi) is 3.00. The number of H-pyrrole nitrogens is 1. The van der Waals surface area contributed by atoms with Gasteiger partial charge >= 0.3 is 0 Å². The number of hydrogen-bond donors (Lipinski definition) is 2. The molecule has 4 nitrogen and oxygen atoms in total. The second-order valence-corrected chi connectivity index (χ2v) is 3.52. The van der Waals surface area contributed by atoms with E-state index in [2.05, 4.69) is 10.3 Å². The first-order valence-electron chi connectivity index (χ1n) is 5.09. The third-order valence-electron chi connectivity index (χ3n) is 2.48. The number of carbonyl (C=O) groups is 2. The number of benzene rings is 1. The van der Waals surface area contributed by atoms with Crippen molar-refractivity contribution < 1.29 is 9.59 Å². The molecule has 1 aromatic carbocycles. The number of aldehydes is 1. The molecule has 0 spiro atoms. The summed E-state index contributed by atoms with van der Waals surface area (Å²) < 4.78 is 0. The van der Waals surface area contributed by atoms with Crippen LogP contribution in [0.2, 0.25) is 0 Å². The molecule has 16 heavy (non-hydrogen) atoms. The average molecular weight is 216 g/mol. The fourth-order valence-corrected chi connectivity index (χ4v) is 1.70. The van der Waals surface area contributed by atoms with E-state index in [9.17, 15) is 9.59 Å². The molecular weight excluding hydrogens is 204 g/mol. The van der Waals surface area contributed by atoms with E-state index < -0.39 is 5.91 Å². The van der Waals surface area contributed by atoms with Gasteiger partial charge in [0.05, 0.1) is 0 Å². The lowest BCUT2D eigenvalue weighted by atomic mass is 10.1. The number of para-hydroxylation sites is 1. The molecule has 0 saturated heterocycles. The summed E-state index contributed by atoms with van der Waals surface area (Å²) in [6, 6.07) is 7.98. The van der Waals surface area contributed by atoms with Gasteiger partial charge < -0.3 is 10.3 Å². The molecular formula is C12H12N2O2. The lowest BCUT2D eigenvalue weighted by Gasteiger charge is -2.00. The predicted molar refractivity (Wildman–Crippen MR) is 61.1 cm³/mol. The molecule has 0 unspecified atom stereocenters. The van der Waals surface area contributed by atoms with Crippen LogP contribution in [0, 0.1) is 0 Å². The minimum atomic E-state index is -0.570. The Morgan fingerprint density at radius 3 is 3.00 bits per heavy atom. The summed E-state index contributed by atoms with van der Waals surface area (Å²) in [5.41, 5.74) is 2.22. The SMILES string of the molecule is O=CC(=O)NCCc1c[nH]c2ccccc12. The summed E-state index contributed by atoms with van der Waals surface area (Å²) in [6.45, 7) is 0.472. The highest BCUT2D eigenvalue weighted by molar-refractivity contribution is 6.23. The Morgan fingerprint density at radius 1 is 1.38 bits per heavy atom. The molecule has 82 valence electrons. The highest BCUT2D eigenvalue weighted by Crippen LogP contribution is 2.17. The zero-order valence-electron chi connectivity index (χ0n) is 8.69. The molecule has 0 fully saturated rings. The first-order valence-corrected chi connectivity index (χ1v) is 5.09. The Hall–Kier alpha value is -2.10. The van der Waals surface area contributed by atoms with Crippen LogP contribution in [0.3, 0.4) is 0 Å². The van der Waals surface area contributed by atoms with Gasteiger partial charge in [0, 0.05) is 23.6 Å². The summed E-state index contributed by atoms with van der Waals surface area (Å²) in [6.07, 6.45) is 2.93. The van der Waals surface area contributed by atoms with Crippen LogP contribution in [0.5, 0.6) is 0 Å². The van der Waals surface area contributed by atoms with E-state index in [0.717, 1.165) is 16.5 Å². The maximum Gasteiger partial charge on any atom is 0.284 e. The summed E-state index contributed by atoms with van der Waals surface area (Å²) in [5.74, 6) is -0.570. The topological polar surface area (TPSA) is 62.0 Å². The maximum atomic E-state index is 10.7. The number of aromatic amines is 1. The second-order valence-electron chi connectivity index (χ2n) is 3.52. The Bertz CT molecular complexity index is 516. The van der Waals surface area contributed by atoms with Gasteiger partial charge in [-0.3, -0.25) is 9.59 Å². The van der Waals surface area contributed by atoms with Gasteiger partial charge in [-0.15, -0.1) is 0 Å². The van der Waals surface area contributed by atoms with Crippen molar-refractivity contribution in [2.45, 2.75) is 6.42 Å². The van der Waals surface area contributed by atoms with E-state index in [1.165, 1.54) is 0 Å². The molecule has 1 heterocycles. The van der Waals surface area contributed by atoms with Crippen LogP contribution < -0.4 is 5.32 Å². The number of carbonyl (C=O) groups excluding carboxylic acids is 2. The van der Waals surface area contributed by atoms with E-state index >= 15 is 0 Å². The lowest BCUT2D eigenvalue weighted by Crippen LogP contribution is -2.26. The van der Waals surface area contributed by atoms with Crippen LogP contribution >= 0.6 is 0 Å². The van der Waals surface area contributed by atoms with E-state index in [-0.39, 0.29) is 6.29 Å². The van der Waals surface area contributed by atoms with Crippen molar-refractivity contribution >= 4 is 23.1 Å². The van der Waals surface area contributed by atoms with Crippen molar-refractivity contribution in [1.29, 1.82) is 0 Å². The van der Waals surface area contributed by atoms with Gasteiger partial charge in [0.15, 0.2) is 0 Å². The van der Waals surface area contributed by atoms with Gasteiger partial charge in [0.25, 0.3) is 5.91 Å². The molecule has 0 aliphatic rings. The standard InChI is InChI=1S/C12H12N2O2/c15-8-12(16)13-6-5-9-7-14-11-4-2-1-3-10(9)11/h1-4,7-8,14H,5-6H2,(H,13,16). The van der Waals surface area contributed by atoms with Crippen molar-refractivity contribution in [3.8, 4) is 0 Å². The fourth-order valence-electron chi connectivity index (χ4n) is 1.70. The average Bonchev–Trinajstić information content (AvgIpc) is 2.73. The summed E-state index contributed by atoms with van der Waals surface area (Å²) in [5, 5.41) is 3.67. The molecule has 2 rings (SSSR count). The highest BCUT2D eigenvalue weighted by Gasteiger charge is 2.03. The number of fused-ring (bicyclic) bond motifs is 1. The number of aromatic nitrogens is 1. The van der Waals surface area contributed by atoms with Crippen LogP contribution in [-0.4, -0.2) is 23.7 Å². The molecule has 2 aromatic rings. The molecule has 0 saturated carbocycles. The van der Waals surface area contributed by atoms with Gasteiger partial charge in [0.1, 0.15) is 0 Å². The van der Waals surface area contributed by atoms with Gasteiger partial charge in [0.2, 0.25) is 6.29 Å². The monoisotopic (exact) mass is 216 g/mol. The van der Waals surface area contributed by atoms with Gasteiger partial charge in [-0.2, -0.15) is 0 Å². The Balaban J connectivity index is 2.04. The molecule has 1 aromatic heterocycles. The smallest absolute Gasteiger partial charge is 0.284 e. The van der Waals surface area contributed by atoms with Crippen LogP contribution in [0.1, 0.15) is 5.56 Å². The van der Waals surface area contributed by atoms with Gasteiger partial charge in [-0.25, -0.2) is 0 Å². The van der Waals surface area contributed by atoms with Gasteiger partial charge in [-0.1, -0.05) is 18.2 Å². The third-order valence-corrected chi connectivity index (χ3v) is 2.48. The lowest BCUT2D eigenvalue weighted by molar-refractivity contribution is -0.131. The minimum Gasteiger partial charge on any atom is -0.361 e. The zero-order valence-corrected chi connectivity index (χ0v) is 8.69. The highest BCUT2D eigenvalue weighted by atomic mass is 16.2. The van der Waals surface area contributed by atoms with Crippen LogP contribution in [-0.2, 0) is 16.0 Å². The normalized spacial score (nSPS) is 10.2. The van der Waals surface area contributed by atoms with Crippen LogP contribution in [0.25, 0.3) is 10.9 Å². The molecule has 0 radical (unpaired) electrons. The molecule has 0 bridgehead atoms. The number of rotatable bonds is 4. The van der Waals surface area contributed by atoms with Crippen LogP contribution in [0.4, 0.5) is 0 Å².